The van der Waals surface area contributed by atoms with Crippen molar-refractivity contribution in [2.75, 3.05) is 11.1 Å². The Balaban J connectivity index is 2.23. The quantitative estimate of drug-likeness (QED) is 0.851. The zero-order valence-corrected chi connectivity index (χ0v) is 10.3. The molecule has 0 atom stereocenters. The molecule has 0 bridgehead atoms. The van der Waals surface area contributed by atoms with E-state index in [2.05, 4.69) is 15.3 Å². The summed E-state index contributed by atoms with van der Waals surface area (Å²) in [6.07, 6.45) is 1.68. The number of nitrogen functional groups attached to an aromatic ring is 1. The number of nitrogens with one attached hydrogen (secondary N) is 1. The molecule has 3 N–H and O–H groups in total. The summed E-state index contributed by atoms with van der Waals surface area (Å²) < 4.78 is 0. The molecule has 2 aromatic rings. The van der Waals surface area contributed by atoms with E-state index in [0.29, 0.717) is 21.4 Å². The third-order valence-electron chi connectivity index (χ3n) is 2.27. The maximum atomic E-state index is 12.0. The SMILES string of the molecule is Cc1ncccc1NC(=O)c1sc(N)nc1C. The number of amides is 1. The van der Waals surface area contributed by atoms with Crippen LogP contribution in [0.2, 0.25) is 0 Å². The highest BCUT2D eigenvalue weighted by molar-refractivity contribution is 7.17. The number of hydrogen-bond donors (Lipinski definition) is 2. The third kappa shape index (κ3) is 2.42. The summed E-state index contributed by atoms with van der Waals surface area (Å²) in [6, 6.07) is 3.58. The number of hydrogen-bond acceptors (Lipinski definition) is 5. The fourth-order valence-electron chi connectivity index (χ4n) is 1.42. The first-order chi connectivity index (χ1) is 8.08. The molecule has 0 spiro atoms. The van der Waals surface area contributed by atoms with Crippen molar-refractivity contribution >= 4 is 28.1 Å². The number of carbonyl (C=O) groups is 1. The molecule has 0 aliphatic heterocycles. The maximum absolute atomic E-state index is 12.0. The average Bonchev–Trinajstić information content (AvgIpc) is 2.61. The van der Waals surface area contributed by atoms with E-state index in [1.807, 2.05) is 6.92 Å². The predicted octanol–water partition coefficient (Wildman–Crippen LogP) is 1.99. The van der Waals surface area contributed by atoms with Crippen LogP contribution >= 0.6 is 11.3 Å². The Morgan fingerprint density at radius 1 is 1.41 bits per heavy atom. The van der Waals surface area contributed by atoms with E-state index in [9.17, 15) is 4.79 Å². The summed E-state index contributed by atoms with van der Waals surface area (Å²) >= 11 is 1.18. The van der Waals surface area contributed by atoms with Crippen molar-refractivity contribution in [2.24, 2.45) is 0 Å². The number of aryl methyl sites for hydroxylation is 2. The Hall–Kier alpha value is -1.95. The van der Waals surface area contributed by atoms with Gasteiger partial charge in [0, 0.05) is 6.20 Å². The number of thiazole rings is 1. The van der Waals surface area contributed by atoms with Crippen LogP contribution in [0.1, 0.15) is 21.1 Å². The number of nitrogens with zero attached hydrogens (tertiary/aromatic N) is 2. The van der Waals surface area contributed by atoms with Gasteiger partial charge in [0.15, 0.2) is 5.13 Å². The van der Waals surface area contributed by atoms with E-state index in [4.69, 9.17) is 5.73 Å². The minimum Gasteiger partial charge on any atom is -0.375 e. The molecule has 0 radical (unpaired) electrons. The lowest BCUT2D eigenvalue weighted by atomic mass is 10.3. The highest BCUT2D eigenvalue weighted by Crippen LogP contribution is 2.21. The number of pyridine rings is 1. The van der Waals surface area contributed by atoms with Gasteiger partial charge in [-0.25, -0.2) is 4.98 Å². The molecule has 0 aromatic carbocycles. The number of aromatic nitrogens is 2. The van der Waals surface area contributed by atoms with Gasteiger partial charge in [-0.1, -0.05) is 11.3 Å². The molecule has 0 unspecified atom stereocenters. The molecule has 17 heavy (non-hydrogen) atoms. The molecule has 5 nitrogen and oxygen atoms in total. The second-order valence-corrected chi connectivity index (χ2v) is 4.59. The molecule has 0 saturated heterocycles. The van der Waals surface area contributed by atoms with Gasteiger partial charge < -0.3 is 11.1 Å². The second-order valence-electron chi connectivity index (χ2n) is 3.56. The lowest BCUT2D eigenvalue weighted by molar-refractivity contribution is 0.102. The third-order valence-corrected chi connectivity index (χ3v) is 3.26. The van der Waals surface area contributed by atoms with Gasteiger partial charge in [-0.3, -0.25) is 9.78 Å². The molecule has 6 heteroatoms. The van der Waals surface area contributed by atoms with E-state index < -0.39 is 0 Å². The van der Waals surface area contributed by atoms with Crippen LogP contribution in [0.15, 0.2) is 18.3 Å². The molecule has 1 amide bonds. The van der Waals surface area contributed by atoms with Gasteiger partial charge in [-0.05, 0) is 26.0 Å². The zero-order valence-electron chi connectivity index (χ0n) is 9.52. The van der Waals surface area contributed by atoms with Gasteiger partial charge in [0.25, 0.3) is 5.91 Å². The Morgan fingerprint density at radius 3 is 2.76 bits per heavy atom. The van der Waals surface area contributed by atoms with Gasteiger partial charge in [0.05, 0.1) is 17.1 Å². The van der Waals surface area contributed by atoms with Gasteiger partial charge in [-0.2, -0.15) is 0 Å². The van der Waals surface area contributed by atoms with Crippen molar-refractivity contribution in [1.82, 2.24) is 9.97 Å². The Kier molecular flexibility index (Phi) is 3.06. The molecule has 0 aliphatic rings. The molecular weight excluding hydrogens is 236 g/mol. The summed E-state index contributed by atoms with van der Waals surface area (Å²) in [4.78, 5) is 20.6. The summed E-state index contributed by atoms with van der Waals surface area (Å²) in [5, 5.41) is 3.19. The van der Waals surface area contributed by atoms with Crippen LogP contribution in [-0.2, 0) is 0 Å². The Labute approximate surface area is 103 Å². The van der Waals surface area contributed by atoms with Crippen LogP contribution in [0.3, 0.4) is 0 Å². The molecular formula is C11H12N4OS. The summed E-state index contributed by atoms with van der Waals surface area (Å²) in [6.45, 7) is 3.60. The molecule has 0 aliphatic carbocycles. The Morgan fingerprint density at radius 2 is 2.18 bits per heavy atom. The molecule has 0 saturated carbocycles. The summed E-state index contributed by atoms with van der Waals surface area (Å²) in [5.41, 5.74) is 7.67. The zero-order chi connectivity index (χ0) is 12.4. The average molecular weight is 248 g/mol. The number of carbonyl (C=O) groups excluding carboxylic acids is 1. The molecule has 0 fully saturated rings. The van der Waals surface area contributed by atoms with Crippen LogP contribution in [0.5, 0.6) is 0 Å². The maximum Gasteiger partial charge on any atom is 0.267 e. The van der Waals surface area contributed by atoms with Crippen molar-refractivity contribution in [2.45, 2.75) is 13.8 Å². The van der Waals surface area contributed by atoms with Crippen LogP contribution in [0.4, 0.5) is 10.8 Å². The monoisotopic (exact) mass is 248 g/mol. The first kappa shape index (κ1) is 11.5. The lowest BCUT2D eigenvalue weighted by Crippen LogP contribution is -2.12. The van der Waals surface area contributed by atoms with E-state index in [-0.39, 0.29) is 5.91 Å². The molecule has 2 rings (SSSR count). The van der Waals surface area contributed by atoms with E-state index in [1.165, 1.54) is 11.3 Å². The fraction of sp³-hybridized carbons (Fsp3) is 0.182. The first-order valence-corrected chi connectivity index (χ1v) is 5.85. The minimum absolute atomic E-state index is 0.201. The van der Waals surface area contributed by atoms with Gasteiger partial charge in [0.1, 0.15) is 4.88 Å². The van der Waals surface area contributed by atoms with Gasteiger partial charge in [0.2, 0.25) is 0 Å². The first-order valence-electron chi connectivity index (χ1n) is 5.04. The van der Waals surface area contributed by atoms with Crippen molar-refractivity contribution < 1.29 is 4.79 Å². The molecule has 2 heterocycles. The number of anilines is 2. The lowest BCUT2D eigenvalue weighted by Gasteiger charge is -2.05. The predicted molar refractivity (Wildman–Crippen MR) is 68.2 cm³/mol. The van der Waals surface area contributed by atoms with Gasteiger partial charge >= 0.3 is 0 Å². The summed E-state index contributed by atoms with van der Waals surface area (Å²) in [7, 11) is 0. The van der Waals surface area contributed by atoms with E-state index in [1.54, 1.807) is 25.3 Å². The topological polar surface area (TPSA) is 80.9 Å². The van der Waals surface area contributed by atoms with E-state index >= 15 is 0 Å². The standard InChI is InChI=1S/C11H12N4OS/c1-6-8(4-3-5-13-6)15-10(16)9-7(2)14-11(12)17-9/h3-5H,1-2H3,(H2,12,14)(H,15,16). The highest BCUT2D eigenvalue weighted by Gasteiger charge is 2.14. The number of rotatable bonds is 2. The molecule has 2 aromatic heterocycles. The largest absolute Gasteiger partial charge is 0.375 e. The molecule has 88 valence electrons. The fourth-order valence-corrected chi connectivity index (χ4v) is 2.15. The van der Waals surface area contributed by atoms with Crippen LogP contribution in [0.25, 0.3) is 0 Å². The van der Waals surface area contributed by atoms with Crippen LogP contribution < -0.4 is 11.1 Å². The van der Waals surface area contributed by atoms with Crippen molar-refractivity contribution in [1.29, 1.82) is 0 Å². The van der Waals surface area contributed by atoms with Crippen molar-refractivity contribution in [3.8, 4) is 0 Å². The van der Waals surface area contributed by atoms with Crippen molar-refractivity contribution in [3.05, 3.63) is 34.6 Å². The van der Waals surface area contributed by atoms with E-state index in [0.717, 1.165) is 5.69 Å². The summed E-state index contributed by atoms with van der Waals surface area (Å²) in [5.74, 6) is -0.201. The minimum atomic E-state index is -0.201. The Bertz CT molecular complexity index is 564. The van der Waals surface area contributed by atoms with Crippen molar-refractivity contribution in [3.63, 3.8) is 0 Å². The second kappa shape index (κ2) is 4.50. The van der Waals surface area contributed by atoms with Crippen LogP contribution in [-0.4, -0.2) is 15.9 Å². The smallest absolute Gasteiger partial charge is 0.267 e. The van der Waals surface area contributed by atoms with Gasteiger partial charge in [-0.15, -0.1) is 0 Å². The highest BCUT2D eigenvalue weighted by atomic mass is 32.1. The van der Waals surface area contributed by atoms with Crippen LogP contribution in [0, 0.1) is 13.8 Å². The normalized spacial score (nSPS) is 10.2. The number of nitrogens with two attached hydrogens (primary N) is 1.